The fraction of sp³-hybridized carbons (Fsp3) is 0.667. The Labute approximate surface area is 81.8 Å². The predicted octanol–water partition coefficient (Wildman–Crippen LogP) is 2.06. The van der Waals surface area contributed by atoms with E-state index in [2.05, 4.69) is 22.5 Å². The molecule has 1 atom stereocenters. The molecule has 0 saturated carbocycles. The van der Waals surface area contributed by atoms with Crippen molar-refractivity contribution in [3.05, 3.63) is 12.2 Å². The second kappa shape index (κ2) is 4.77. The lowest BCUT2D eigenvalue weighted by Crippen LogP contribution is -2.25. The van der Waals surface area contributed by atoms with Crippen LogP contribution in [-0.2, 0) is 4.79 Å². The minimum absolute atomic E-state index is 0.0382. The SMILES string of the molecule is C=C(CC(C)(O)CC)C(=O)CBr. The highest BCUT2D eigenvalue weighted by Crippen LogP contribution is 2.19. The van der Waals surface area contributed by atoms with Crippen LogP contribution in [0.15, 0.2) is 12.2 Å². The summed E-state index contributed by atoms with van der Waals surface area (Å²) in [5.74, 6) is -0.0382. The molecule has 0 aromatic rings. The monoisotopic (exact) mass is 234 g/mol. The van der Waals surface area contributed by atoms with Gasteiger partial charge in [-0.05, 0) is 18.9 Å². The van der Waals surface area contributed by atoms with Gasteiger partial charge in [-0.1, -0.05) is 29.4 Å². The van der Waals surface area contributed by atoms with E-state index in [1.54, 1.807) is 6.92 Å². The average Bonchev–Trinajstić information content (AvgIpc) is 2.02. The lowest BCUT2D eigenvalue weighted by atomic mass is 9.93. The third-order valence-electron chi connectivity index (χ3n) is 1.87. The third-order valence-corrected chi connectivity index (χ3v) is 2.38. The molecule has 0 aliphatic heterocycles. The molecule has 12 heavy (non-hydrogen) atoms. The van der Waals surface area contributed by atoms with Gasteiger partial charge in [0.1, 0.15) is 0 Å². The van der Waals surface area contributed by atoms with Crippen LogP contribution in [0.4, 0.5) is 0 Å². The maximum absolute atomic E-state index is 11.0. The van der Waals surface area contributed by atoms with Crippen molar-refractivity contribution >= 4 is 21.7 Å². The Morgan fingerprint density at radius 2 is 2.17 bits per heavy atom. The number of Topliss-reactive ketones (excluding diaryl/α,β-unsaturated/α-hetero) is 1. The minimum Gasteiger partial charge on any atom is -0.390 e. The number of hydrogen-bond acceptors (Lipinski definition) is 2. The van der Waals surface area contributed by atoms with Gasteiger partial charge >= 0.3 is 0 Å². The highest BCUT2D eigenvalue weighted by atomic mass is 79.9. The number of carbonyl (C=O) groups is 1. The zero-order chi connectivity index (χ0) is 9.78. The normalized spacial score (nSPS) is 15.3. The number of hydrogen-bond donors (Lipinski definition) is 1. The lowest BCUT2D eigenvalue weighted by Gasteiger charge is -2.21. The molecule has 0 rings (SSSR count). The van der Waals surface area contributed by atoms with Crippen molar-refractivity contribution in [2.24, 2.45) is 0 Å². The maximum atomic E-state index is 11.0. The maximum Gasteiger partial charge on any atom is 0.168 e. The first kappa shape index (κ1) is 11.8. The van der Waals surface area contributed by atoms with E-state index < -0.39 is 5.60 Å². The molecular formula is C9H15BrO2. The summed E-state index contributed by atoms with van der Waals surface area (Å²) in [7, 11) is 0. The fourth-order valence-corrected chi connectivity index (χ4v) is 1.17. The van der Waals surface area contributed by atoms with Crippen LogP contribution >= 0.6 is 15.9 Å². The summed E-state index contributed by atoms with van der Waals surface area (Å²) in [6, 6.07) is 0. The van der Waals surface area contributed by atoms with Gasteiger partial charge in [0.05, 0.1) is 10.9 Å². The molecule has 0 amide bonds. The Bertz CT molecular complexity index is 185. The number of aliphatic hydroxyl groups is 1. The van der Waals surface area contributed by atoms with Gasteiger partial charge in [-0.15, -0.1) is 0 Å². The standard InChI is InChI=1S/C9H15BrO2/c1-4-9(3,12)5-7(2)8(11)6-10/h12H,2,4-6H2,1,3H3. The van der Waals surface area contributed by atoms with Crippen molar-refractivity contribution in [1.29, 1.82) is 0 Å². The summed E-state index contributed by atoms with van der Waals surface area (Å²) in [6.45, 7) is 7.21. The molecule has 0 spiro atoms. The highest BCUT2D eigenvalue weighted by molar-refractivity contribution is 9.09. The van der Waals surface area contributed by atoms with E-state index in [0.29, 0.717) is 18.4 Å². The van der Waals surface area contributed by atoms with Crippen molar-refractivity contribution in [1.82, 2.24) is 0 Å². The van der Waals surface area contributed by atoms with E-state index >= 15 is 0 Å². The van der Waals surface area contributed by atoms with Crippen LogP contribution in [0.1, 0.15) is 26.7 Å². The molecule has 1 N–H and O–H groups in total. The van der Waals surface area contributed by atoms with Gasteiger partial charge in [-0.2, -0.15) is 0 Å². The molecule has 0 heterocycles. The number of alkyl halides is 1. The van der Waals surface area contributed by atoms with Crippen molar-refractivity contribution in [3.63, 3.8) is 0 Å². The second-order valence-electron chi connectivity index (χ2n) is 3.19. The lowest BCUT2D eigenvalue weighted by molar-refractivity contribution is -0.113. The van der Waals surface area contributed by atoms with Crippen LogP contribution in [0.3, 0.4) is 0 Å². The van der Waals surface area contributed by atoms with Crippen molar-refractivity contribution in [2.75, 3.05) is 5.33 Å². The molecule has 0 fully saturated rings. The van der Waals surface area contributed by atoms with Crippen molar-refractivity contribution in [3.8, 4) is 0 Å². The molecule has 0 saturated heterocycles. The second-order valence-corrected chi connectivity index (χ2v) is 3.75. The van der Waals surface area contributed by atoms with Crippen LogP contribution < -0.4 is 0 Å². The molecule has 0 aliphatic carbocycles. The molecule has 0 aromatic heterocycles. The van der Waals surface area contributed by atoms with E-state index in [1.165, 1.54) is 0 Å². The topological polar surface area (TPSA) is 37.3 Å². The summed E-state index contributed by atoms with van der Waals surface area (Å²) in [5.41, 5.74) is -0.312. The van der Waals surface area contributed by atoms with Crippen LogP contribution in [0.5, 0.6) is 0 Å². The Kier molecular flexibility index (Phi) is 4.71. The first-order valence-electron chi connectivity index (χ1n) is 3.92. The van der Waals surface area contributed by atoms with Crippen molar-refractivity contribution in [2.45, 2.75) is 32.3 Å². The zero-order valence-corrected chi connectivity index (χ0v) is 9.15. The van der Waals surface area contributed by atoms with Gasteiger partial charge in [0.15, 0.2) is 5.78 Å². The van der Waals surface area contributed by atoms with Crippen LogP contribution in [0, 0.1) is 0 Å². The summed E-state index contributed by atoms with van der Waals surface area (Å²) < 4.78 is 0. The van der Waals surface area contributed by atoms with Gasteiger partial charge in [0, 0.05) is 6.42 Å². The Balaban J connectivity index is 4.09. The zero-order valence-electron chi connectivity index (χ0n) is 7.56. The fourth-order valence-electron chi connectivity index (χ4n) is 0.778. The Hall–Kier alpha value is -0.150. The van der Waals surface area contributed by atoms with E-state index in [9.17, 15) is 9.90 Å². The van der Waals surface area contributed by atoms with Crippen molar-refractivity contribution < 1.29 is 9.90 Å². The number of rotatable bonds is 5. The minimum atomic E-state index is -0.797. The van der Waals surface area contributed by atoms with E-state index in [-0.39, 0.29) is 11.1 Å². The molecule has 0 aromatic carbocycles. The molecule has 3 heteroatoms. The van der Waals surface area contributed by atoms with E-state index in [1.807, 2.05) is 6.92 Å². The quantitative estimate of drug-likeness (QED) is 0.585. The molecular weight excluding hydrogens is 220 g/mol. The van der Waals surface area contributed by atoms with Crippen LogP contribution in [-0.4, -0.2) is 21.8 Å². The summed E-state index contributed by atoms with van der Waals surface area (Å²) in [4.78, 5) is 11.0. The van der Waals surface area contributed by atoms with Gasteiger partial charge < -0.3 is 5.11 Å². The number of carbonyl (C=O) groups excluding carboxylic acids is 1. The number of halogens is 1. The van der Waals surface area contributed by atoms with E-state index in [4.69, 9.17) is 0 Å². The van der Waals surface area contributed by atoms with Gasteiger partial charge in [-0.3, -0.25) is 4.79 Å². The molecule has 1 unspecified atom stereocenters. The summed E-state index contributed by atoms with van der Waals surface area (Å²) in [5, 5.41) is 9.89. The van der Waals surface area contributed by atoms with Gasteiger partial charge in [-0.25, -0.2) is 0 Å². The molecule has 2 nitrogen and oxygen atoms in total. The van der Waals surface area contributed by atoms with E-state index in [0.717, 1.165) is 0 Å². The third kappa shape index (κ3) is 4.02. The first-order valence-corrected chi connectivity index (χ1v) is 5.04. The summed E-state index contributed by atoms with van der Waals surface area (Å²) >= 11 is 3.05. The van der Waals surface area contributed by atoms with Gasteiger partial charge in [0.25, 0.3) is 0 Å². The molecule has 0 bridgehead atoms. The highest BCUT2D eigenvalue weighted by Gasteiger charge is 2.21. The molecule has 70 valence electrons. The van der Waals surface area contributed by atoms with Gasteiger partial charge in [0.2, 0.25) is 0 Å². The molecule has 0 radical (unpaired) electrons. The first-order chi connectivity index (χ1) is 5.43. The van der Waals surface area contributed by atoms with Crippen LogP contribution in [0.25, 0.3) is 0 Å². The number of ketones is 1. The Morgan fingerprint density at radius 1 is 1.67 bits per heavy atom. The Morgan fingerprint density at radius 3 is 2.50 bits per heavy atom. The summed E-state index contributed by atoms with van der Waals surface area (Å²) in [6.07, 6.45) is 0.982. The average molecular weight is 235 g/mol. The molecule has 0 aliphatic rings. The van der Waals surface area contributed by atoms with Crippen LogP contribution in [0.2, 0.25) is 0 Å². The largest absolute Gasteiger partial charge is 0.390 e. The predicted molar refractivity (Wildman–Crippen MR) is 53.5 cm³/mol. The smallest absolute Gasteiger partial charge is 0.168 e.